The number of aliphatic imine (C=N–C) groups is 1. The van der Waals surface area contributed by atoms with E-state index in [0.29, 0.717) is 22.0 Å². The standard InChI is InChI=1S/C16H22Cl2N4O.HI/c1-10(11-4-7-13(17)14(18)8-11)20-16(21-12-5-6-12)19-9-15(23)22(2)3;/h4,7-8,10,12H,5-6,9H2,1-3H3,(H2,19,20,21);1H. The number of guanidine groups is 1. The smallest absolute Gasteiger partial charge is 0.243 e. The molecule has 1 aliphatic rings. The van der Waals surface area contributed by atoms with E-state index >= 15 is 0 Å². The highest BCUT2D eigenvalue weighted by Crippen LogP contribution is 2.25. The number of carbonyl (C=O) groups is 1. The molecule has 2 rings (SSSR count). The fourth-order valence-electron chi connectivity index (χ4n) is 1.91. The zero-order valence-electron chi connectivity index (χ0n) is 14.0. The van der Waals surface area contributed by atoms with Crippen LogP contribution in [0.2, 0.25) is 10.0 Å². The highest BCUT2D eigenvalue weighted by atomic mass is 127. The van der Waals surface area contributed by atoms with Gasteiger partial charge in [-0.1, -0.05) is 29.3 Å². The van der Waals surface area contributed by atoms with Gasteiger partial charge in [0.25, 0.3) is 0 Å². The molecule has 0 aromatic heterocycles. The summed E-state index contributed by atoms with van der Waals surface area (Å²) in [4.78, 5) is 17.6. The summed E-state index contributed by atoms with van der Waals surface area (Å²) < 4.78 is 0. The van der Waals surface area contributed by atoms with Crippen LogP contribution in [0, 0.1) is 0 Å². The first-order chi connectivity index (χ1) is 10.9. The minimum atomic E-state index is -0.0379. The fourth-order valence-corrected chi connectivity index (χ4v) is 2.22. The van der Waals surface area contributed by atoms with Gasteiger partial charge in [0.05, 0.1) is 16.1 Å². The summed E-state index contributed by atoms with van der Waals surface area (Å²) in [6.45, 7) is 2.13. The van der Waals surface area contributed by atoms with Gasteiger partial charge < -0.3 is 15.5 Å². The van der Waals surface area contributed by atoms with Gasteiger partial charge in [0.2, 0.25) is 5.91 Å². The first kappa shape index (κ1) is 21.3. The third-order valence-corrected chi connectivity index (χ3v) is 4.33. The van der Waals surface area contributed by atoms with Crippen molar-refractivity contribution in [3.63, 3.8) is 0 Å². The highest BCUT2D eigenvalue weighted by molar-refractivity contribution is 14.0. The van der Waals surface area contributed by atoms with Crippen molar-refractivity contribution in [2.24, 2.45) is 4.99 Å². The number of rotatable bonds is 5. The average Bonchev–Trinajstić information content (AvgIpc) is 3.30. The largest absolute Gasteiger partial charge is 0.354 e. The number of hydrogen-bond donors (Lipinski definition) is 2. The van der Waals surface area contributed by atoms with E-state index in [-0.39, 0.29) is 42.5 Å². The maximum absolute atomic E-state index is 11.7. The Bertz CT molecular complexity index is 606. The Balaban J connectivity index is 0.00000288. The van der Waals surface area contributed by atoms with Crippen LogP contribution in [0.25, 0.3) is 0 Å². The third kappa shape index (κ3) is 6.64. The van der Waals surface area contributed by atoms with Crippen molar-refractivity contribution >= 4 is 59.0 Å². The summed E-state index contributed by atoms with van der Waals surface area (Å²) in [6, 6.07) is 5.96. The lowest BCUT2D eigenvalue weighted by atomic mass is 10.1. The Kier molecular flexibility index (Phi) is 8.59. The molecule has 1 atom stereocenters. The van der Waals surface area contributed by atoms with Crippen molar-refractivity contribution < 1.29 is 4.79 Å². The zero-order chi connectivity index (χ0) is 17.0. The molecule has 0 radical (unpaired) electrons. The molecule has 134 valence electrons. The van der Waals surface area contributed by atoms with Gasteiger partial charge in [0.15, 0.2) is 5.96 Å². The number of benzene rings is 1. The number of likely N-dealkylation sites (N-methyl/N-ethyl adjacent to an activating group) is 1. The molecule has 8 heteroatoms. The van der Waals surface area contributed by atoms with Gasteiger partial charge in [-0.05, 0) is 37.5 Å². The highest BCUT2D eigenvalue weighted by Gasteiger charge is 2.23. The Morgan fingerprint density at radius 1 is 1.33 bits per heavy atom. The molecule has 2 N–H and O–H groups in total. The van der Waals surface area contributed by atoms with Crippen LogP contribution in [0.15, 0.2) is 23.2 Å². The van der Waals surface area contributed by atoms with Gasteiger partial charge in [-0.15, -0.1) is 24.0 Å². The van der Waals surface area contributed by atoms with Crippen molar-refractivity contribution in [3.8, 4) is 0 Å². The Morgan fingerprint density at radius 3 is 2.54 bits per heavy atom. The summed E-state index contributed by atoms with van der Waals surface area (Å²) in [5.74, 6) is 0.602. The van der Waals surface area contributed by atoms with Gasteiger partial charge in [0, 0.05) is 20.1 Å². The summed E-state index contributed by atoms with van der Waals surface area (Å²) in [6.07, 6.45) is 2.26. The Labute approximate surface area is 170 Å². The molecule has 24 heavy (non-hydrogen) atoms. The number of nitrogens with one attached hydrogen (secondary N) is 2. The second kappa shape index (κ2) is 9.68. The van der Waals surface area contributed by atoms with E-state index in [1.54, 1.807) is 20.2 Å². The number of nitrogens with zero attached hydrogens (tertiary/aromatic N) is 2. The molecule has 0 bridgehead atoms. The molecule has 5 nitrogen and oxygen atoms in total. The molecule has 1 aliphatic carbocycles. The molecule has 0 saturated heterocycles. The quantitative estimate of drug-likeness (QED) is 0.382. The molecule has 1 aromatic carbocycles. The van der Waals surface area contributed by atoms with E-state index in [0.717, 1.165) is 18.4 Å². The Hall–Kier alpha value is -0.730. The van der Waals surface area contributed by atoms with Crippen LogP contribution in [0.4, 0.5) is 0 Å². The summed E-state index contributed by atoms with van der Waals surface area (Å²) in [7, 11) is 3.44. The maximum Gasteiger partial charge on any atom is 0.243 e. The number of carbonyl (C=O) groups excluding carboxylic acids is 1. The molecule has 1 aromatic rings. The van der Waals surface area contributed by atoms with Crippen molar-refractivity contribution in [2.75, 3.05) is 20.6 Å². The molecule has 0 spiro atoms. The minimum absolute atomic E-state index is 0. The lowest BCUT2D eigenvalue weighted by Gasteiger charge is -2.19. The van der Waals surface area contributed by atoms with Crippen LogP contribution in [0.5, 0.6) is 0 Å². The van der Waals surface area contributed by atoms with E-state index in [4.69, 9.17) is 23.2 Å². The predicted molar refractivity (Wildman–Crippen MR) is 111 cm³/mol. The molecular formula is C16H23Cl2IN4O. The Morgan fingerprint density at radius 2 is 2.00 bits per heavy atom. The van der Waals surface area contributed by atoms with Crippen LogP contribution in [-0.2, 0) is 4.79 Å². The number of amides is 1. The van der Waals surface area contributed by atoms with E-state index in [2.05, 4.69) is 15.6 Å². The van der Waals surface area contributed by atoms with Crippen molar-refractivity contribution in [1.82, 2.24) is 15.5 Å². The van der Waals surface area contributed by atoms with E-state index in [9.17, 15) is 4.79 Å². The molecule has 1 fully saturated rings. The van der Waals surface area contributed by atoms with Crippen molar-refractivity contribution in [1.29, 1.82) is 0 Å². The zero-order valence-corrected chi connectivity index (χ0v) is 17.8. The second-order valence-corrected chi connectivity index (χ2v) is 6.73. The first-order valence-electron chi connectivity index (χ1n) is 7.59. The molecule has 0 heterocycles. The minimum Gasteiger partial charge on any atom is -0.354 e. The summed E-state index contributed by atoms with van der Waals surface area (Å²) in [5.41, 5.74) is 1.00. The van der Waals surface area contributed by atoms with Gasteiger partial charge in [-0.3, -0.25) is 4.79 Å². The van der Waals surface area contributed by atoms with Crippen LogP contribution in [0.3, 0.4) is 0 Å². The molecule has 1 saturated carbocycles. The van der Waals surface area contributed by atoms with E-state index < -0.39 is 0 Å². The lowest BCUT2D eigenvalue weighted by molar-refractivity contribution is -0.127. The topological polar surface area (TPSA) is 56.7 Å². The first-order valence-corrected chi connectivity index (χ1v) is 8.35. The molecular weight excluding hydrogens is 462 g/mol. The SMILES string of the molecule is CC(NC(=NCC(=O)N(C)C)NC1CC1)c1ccc(Cl)c(Cl)c1.I. The lowest BCUT2D eigenvalue weighted by Crippen LogP contribution is -2.40. The van der Waals surface area contributed by atoms with Crippen LogP contribution in [-0.4, -0.2) is 43.4 Å². The van der Waals surface area contributed by atoms with E-state index in [1.165, 1.54) is 4.90 Å². The second-order valence-electron chi connectivity index (χ2n) is 5.91. The molecule has 0 aliphatic heterocycles. The predicted octanol–water partition coefficient (Wildman–Crippen LogP) is 3.46. The van der Waals surface area contributed by atoms with Gasteiger partial charge in [-0.25, -0.2) is 4.99 Å². The third-order valence-electron chi connectivity index (χ3n) is 3.59. The van der Waals surface area contributed by atoms with Gasteiger partial charge in [0.1, 0.15) is 6.54 Å². The average molecular weight is 485 g/mol. The number of halogens is 3. The number of hydrogen-bond acceptors (Lipinski definition) is 2. The van der Waals surface area contributed by atoms with Crippen LogP contribution < -0.4 is 10.6 Å². The van der Waals surface area contributed by atoms with Gasteiger partial charge >= 0.3 is 0 Å². The van der Waals surface area contributed by atoms with Crippen LogP contribution >= 0.6 is 47.2 Å². The van der Waals surface area contributed by atoms with E-state index in [1.807, 2.05) is 19.1 Å². The normalized spacial score (nSPS) is 15.3. The monoisotopic (exact) mass is 484 g/mol. The molecule has 1 unspecified atom stereocenters. The fraction of sp³-hybridized carbons (Fsp3) is 0.500. The molecule has 1 amide bonds. The summed E-state index contributed by atoms with van der Waals surface area (Å²) in [5, 5.41) is 7.69. The van der Waals surface area contributed by atoms with Crippen LogP contribution in [0.1, 0.15) is 31.4 Å². The van der Waals surface area contributed by atoms with Crippen molar-refractivity contribution in [2.45, 2.75) is 31.8 Å². The summed E-state index contributed by atoms with van der Waals surface area (Å²) >= 11 is 12.0. The maximum atomic E-state index is 11.7. The van der Waals surface area contributed by atoms with Gasteiger partial charge in [-0.2, -0.15) is 0 Å². The van der Waals surface area contributed by atoms with Crippen molar-refractivity contribution in [3.05, 3.63) is 33.8 Å².